The molecule has 0 saturated heterocycles. The maximum atomic E-state index is 12.8. The van der Waals surface area contributed by atoms with Gasteiger partial charge in [0.25, 0.3) is 5.91 Å². The third-order valence-corrected chi connectivity index (χ3v) is 6.05. The molecule has 3 rings (SSSR count). The van der Waals surface area contributed by atoms with Crippen molar-refractivity contribution in [1.82, 2.24) is 20.1 Å². The molecule has 0 atom stereocenters. The van der Waals surface area contributed by atoms with Crippen molar-refractivity contribution in [2.24, 2.45) is 7.05 Å². The third-order valence-electron chi connectivity index (χ3n) is 3.93. The molecule has 0 spiro atoms. The lowest BCUT2D eigenvalue weighted by Crippen LogP contribution is -2.26. The Hall–Kier alpha value is -1.93. The van der Waals surface area contributed by atoms with Gasteiger partial charge in [0.15, 0.2) is 5.65 Å². The monoisotopic (exact) mass is 404 g/mol. The number of nitrogens with zero attached hydrogens (tertiary/aromatic N) is 3. The van der Waals surface area contributed by atoms with Crippen LogP contribution < -0.4 is 5.32 Å². The Bertz CT molecular complexity index is 920. The molecule has 0 saturated carbocycles. The van der Waals surface area contributed by atoms with Gasteiger partial charge in [0, 0.05) is 35.7 Å². The zero-order chi connectivity index (χ0) is 19.4. The van der Waals surface area contributed by atoms with Crippen LogP contribution >= 0.6 is 23.5 Å². The average Bonchev–Trinajstić information content (AvgIpc) is 3.22. The lowest BCUT2D eigenvalue weighted by molar-refractivity contribution is 0.0953. The number of nitrogens with one attached hydrogen (secondary N) is 1. The minimum Gasteiger partial charge on any atom is -0.468 e. The Labute approximate surface area is 167 Å². The molecule has 0 bridgehead atoms. The normalized spacial score (nSPS) is 11.4. The summed E-state index contributed by atoms with van der Waals surface area (Å²) in [5.41, 5.74) is 2.32. The number of fused-ring (bicyclic) bond motifs is 1. The van der Waals surface area contributed by atoms with Crippen LogP contribution in [0.3, 0.4) is 0 Å². The van der Waals surface area contributed by atoms with Crippen LogP contribution in [0, 0.1) is 6.92 Å². The summed E-state index contributed by atoms with van der Waals surface area (Å²) < 4.78 is 7.08. The first kappa shape index (κ1) is 19.8. The first-order valence-corrected chi connectivity index (χ1v) is 10.9. The molecule has 144 valence electrons. The van der Waals surface area contributed by atoms with Gasteiger partial charge in [0.2, 0.25) is 0 Å². The van der Waals surface area contributed by atoms with Gasteiger partial charge >= 0.3 is 0 Å². The van der Waals surface area contributed by atoms with Gasteiger partial charge in [-0.2, -0.15) is 16.9 Å². The molecule has 1 amide bonds. The molecule has 6 nitrogen and oxygen atoms in total. The highest BCUT2D eigenvalue weighted by molar-refractivity contribution is 8.00. The van der Waals surface area contributed by atoms with E-state index in [2.05, 4.69) is 29.2 Å². The number of furan rings is 1. The van der Waals surface area contributed by atoms with Crippen LogP contribution in [-0.4, -0.2) is 38.2 Å². The fourth-order valence-corrected chi connectivity index (χ4v) is 4.65. The Balaban J connectivity index is 1.70. The number of carbonyl (C=O) groups excluding carboxylic acids is 1. The van der Waals surface area contributed by atoms with Crippen molar-refractivity contribution in [2.75, 3.05) is 12.3 Å². The smallest absolute Gasteiger partial charge is 0.254 e. The van der Waals surface area contributed by atoms with Crippen molar-refractivity contribution in [3.8, 4) is 0 Å². The molecule has 0 aliphatic rings. The van der Waals surface area contributed by atoms with E-state index in [9.17, 15) is 4.79 Å². The molecular formula is C19H24N4O2S2. The third kappa shape index (κ3) is 4.68. The zero-order valence-corrected chi connectivity index (χ0v) is 17.6. The first-order chi connectivity index (χ1) is 13.0. The molecule has 0 radical (unpaired) electrons. The fraction of sp³-hybridized carbons (Fsp3) is 0.421. The van der Waals surface area contributed by atoms with Crippen molar-refractivity contribution in [3.63, 3.8) is 0 Å². The molecule has 0 aromatic carbocycles. The van der Waals surface area contributed by atoms with E-state index in [0.29, 0.717) is 17.4 Å². The van der Waals surface area contributed by atoms with Crippen LogP contribution in [0.5, 0.6) is 0 Å². The minimum atomic E-state index is -0.0885. The van der Waals surface area contributed by atoms with Crippen LogP contribution in [0.1, 0.15) is 35.7 Å². The number of aryl methyl sites for hydroxylation is 2. The Kier molecular flexibility index (Phi) is 6.49. The first-order valence-electron chi connectivity index (χ1n) is 8.84. The summed E-state index contributed by atoms with van der Waals surface area (Å²) in [6, 6.07) is 3.84. The maximum absolute atomic E-state index is 12.8. The van der Waals surface area contributed by atoms with Gasteiger partial charge < -0.3 is 9.73 Å². The van der Waals surface area contributed by atoms with Gasteiger partial charge in [-0.25, -0.2) is 4.98 Å². The largest absolute Gasteiger partial charge is 0.468 e. The molecule has 3 heterocycles. The van der Waals surface area contributed by atoms with Gasteiger partial charge in [0.05, 0.1) is 28.7 Å². The summed E-state index contributed by atoms with van der Waals surface area (Å²) >= 11 is 3.41. The fourth-order valence-electron chi connectivity index (χ4n) is 2.80. The van der Waals surface area contributed by atoms with Gasteiger partial charge in [-0.3, -0.25) is 9.48 Å². The molecule has 8 heteroatoms. The molecule has 0 aliphatic heterocycles. The van der Waals surface area contributed by atoms with Gasteiger partial charge in [-0.15, -0.1) is 11.8 Å². The predicted molar refractivity (Wildman–Crippen MR) is 111 cm³/mol. The quantitative estimate of drug-likeness (QED) is 0.451. The van der Waals surface area contributed by atoms with Crippen LogP contribution in [0.4, 0.5) is 0 Å². The lowest BCUT2D eigenvalue weighted by atomic mass is 10.2. The average molecular weight is 405 g/mol. The number of hydrogen-bond acceptors (Lipinski definition) is 6. The number of rotatable bonds is 8. The van der Waals surface area contributed by atoms with Crippen LogP contribution in [0.25, 0.3) is 11.0 Å². The summed E-state index contributed by atoms with van der Waals surface area (Å²) in [6.07, 6.45) is 3.34. The summed E-state index contributed by atoms with van der Waals surface area (Å²) in [6.45, 7) is 6.80. The van der Waals surface area contributed by atoms with E-state index in [1.165, 1.54) is 0 Å². The van der Waals surface area contributed by atoms with E-state index in [1.54, 1.807) is 40.7 Å². The Morgan fingerprint density at radius 3 is 2.93 bits per heavy atom. The van der Waals surface area contributed by atoms with Crippen LogP contribution in [0.2, 0.25) is 0 Å². The minimum absolute atomic E-state index is 0.0885. The van der Waals surface area contributed by atoms with Crippen LogP contribution in [-0.2, 0) is 12.8 Å². The molecule has 0 aliphatic carbocycles. The number of pyridine rings is 1. The highest BCUT2D eigenvalue weighted by Crippen LogP contribution is 2.34. The summed E-state index contributed by atoms with van der Waals surface area (Å²) in [5, 5.41) is 8.80. The summed E-state index contributed by atoms with van der Waals surface area (Å²) in [4.78, 5) is 18.2. The van der Waals surface area contributed by atoms with Crippen molar-refractivity contribution in [1.29, 1.82) is 0 Å². The highest BCUT2D eigenvalue weighted by atomic mass is 32.2. The van der Waals surface area contributed by atoms with Crippen molar-refractivity contribution in [2.45, 2.75) is 36.7 Å². The summed E-state index contributed by atoms with van der Waals surface area (Å²) in [7, 11) is 1.88. The molecule has 0 fully saturated rings. The topological polar surface area (TPSA) is 73.0 Å². The van der Waals surface area contributed by atoms with Crippen molar-refractivity contribution >= 4 is 40.5 Å². The van der Waals surface area contributed by atoms with Crippen LogP contribution in [0.15, 0.2) is 33.9 Å². The number of hydrogen-bond donors (Lipinski definition) is 1. The highest BCUT2D eigenvalue weighted by Gasteiger charge is 2.20. The number of amides is 1. The van der Waals surface area contributed by atoms with Gasteiger partial charge in [-0.1, -0.05) is 13.8 Å². The van der Waals surface area contributed by atoms with E-state index < -0.39 is 0 Å². The predicted octanol–water partition coefficient (Wildman–Crippen LogP) is 4.03. The van der Waals surface area contributed by atoms with E-state index in [1.807, 2.05) is 26.1 Å². The molecule has 3 aromatic heterocycles. The lowest BCUT2D eigenvalue weighted by Gasteiger charge is -2.13. The number of aromatic nitrogens is 3. The molecule has 27 heavy (non-hydrogen) atoms. The zero-order valence-electron chi connectivity index (χ0n) is 16.0. The molecule has 3 aromatic rings. The van der Waals surface area contributed by atoms with E-state index in [0.717, 1.165) is 38.9 Å². The van der Waals surface area contributed by atoms with E-state index >= 15 is 0 Å². The summed E-state index contributed by atoms with van der Waals surface area (Å²) in [5.74, 6) is 2.48. The Morgan fingerprint density at radius 2 is 2.22 bits per heavy atom. The molecular weight excluding hydrogens is 380 g/mol. The SMILES string of the molecule is Cc1nn(C)c2ncc(C(=O)NCCSCc3ccco3)c(SC(C)C)c12. The standard InChI is InChI=1S/C19H24N4O2S2/c1-12(2)27-17-15(10-21-18-16(17)13(3)22-23(18)4)19(24)20-7-9-26-11-14-6-5-8-25-14/h5-6,8,10,12H,7,9,11H2,1-4H3,(H,20,24). The second-order valence-electron chi connectivity index (χ2n) is 6.46. The van der Waals surface area contributed by atoms with Gasteiger partial charge in [-0.05, 0) is 19.1 Å². The second kappa shape index (κ2) is 8.84. The van der Waals surface area contributed by atoms with E-state index in [-0.39, 0.29) is 5.91 Å². The Morgan fingerprint density at radius 1 is 1.41 bits per heavy atom. The maximum Gasteiger partial charge on any atom is 0.254 e. The number of thioether (sulfide) groups is 2. The van der Waals surface area contributed by atoms with Crippen molar-refractivity contribution < 1.29 is 9.21 Å². The van der Waals surface area contributed by atoms with Gasteiger partial charge in [0.1, 0.15) is 5.76 Å². The molecule has 0 unspecified atom stereocenters. The van der Waals surface area contributed by atoms with Crippen molar-refractivity contribution in [3.05, 3.63) is 41.6 Å². The van der Waals surface area contributed by atoms with E-state index in [4.69, 9.17) is 4.42 Å². The number of carbonyl (C=O) groups is 1. The molecule has 1 N–H and O–H groups in total. The second-order valence-corrected chi connectivity index (χ2v) is 9.16.